The van der Waals surface area contributed by atoms with Gasteiger partial charge in [-0.1, -0.05) is 36.7 Å². The number of hydrogen-bond donors (Lipinski definition) is 0. The maximum absolute atomic E-state index is 12.6. The third-order valence-electron chi connectivity index (χ3n) is 5.26. The number of nitrogens with zero attached hydrogens (tertiary/aromatic N) is 1. The molecule has 0 aromatic heterocycles. The summed E-state index contributed by atoms with van der Waals surface area (Å²) in [5.41, 5.74) is 0.429. The lowest BCUT2D eigenvalue weighted by Crippen LogP contribution is -2.40. The van der Waals surface area contributed by atoms with Gasteiger partial charge < -0.3 is 14.4 Å². The van der Waals surface area contributed by atoms with E-state index in [4.69, 9.17) is 9.47 Å². The third-order valence-corrected chi connectivity index (χ3v) is 5.79. The third kappa shape index (κ3) is 4.58. The molecule has 1 aromatic rings. The molecule has 2 atom stereocenters. The minimum atomic E-state index is -0.532. The normalized spacial score (nSPS) is 26.5. The van der Waals surface area contributed by atoms with Crippen molar-refractivity contribution < 1.29 is 19.1 Å². The molecule has 1 aromatic carbocycles. The van der Waals surface area contributed by atoms with Crippen molar-refractivity contribution in [3.05, 3.63) is 28.7 Å². The predicted molar refractivity (Wildman–Crippen MR) is 102 cm³/mol. The van der Waals surface area contributed by atoms with Crippen molar-refractivity contribution in [2.75, 3.05) is 19.8 Å². The van der Waals surface area contributed by atoms with E-state index >= 15 is 0 Å². The Kier molecular flexibility index (Phi) is 5.33. The first-order valence-electron chi connectivity index (χ1n) is 8.99. The molecular formula is C20H26BrNO4. The lowest BCUT2D eigenvalue weighted by molar-refractivity contribution is -0.154. The standard InChI is InChI=1S/C20H26BrNO4/c1-19(2)8-15-9-20(3,12-19)13-22(15)17(23)10-26-18(24)11-25-16-6-4-14(21)5-7-16/h4-7,15H,8-13H2,1-3H3/t15-,20+/m1/s1. The van der Waals surface area contributed by atoms with Crippen molar-refractivity contribution in [3.8, 4) is 5.75 Å². The van der Waals surface area contributed by atoms with E-state index in [2.05, 4.69) is 36.7 Å². The summed E-state index contributed by atoms with van der Waals surface area (Å²) in [6.07, 6.45) is 3.18. The van der Waals surface area contributed by atoms with Crippen LogP contribution in [-0.2, 0) is 14.3 Å². The van der Waals surface area contributed by atoms with Crippen LogP contribution in [-0.4, -0.2) is 42.6 Å². The topological polar surface area (TPSA) is 55.8 Å². The monoisotopic (exact) mass is 423 g/mol. The first-order valence-corrected chi connectivity index (χ1v) is 9.79. The number of ether oxygens (including phenoxy) is 2. The molecular weight excluding hydrogens is 398 g/mol. The highest BCUT2D eigenvalue weighted by atomic mass is 79.9. The van der Waals surface area contributed by atoms with Crippen LogP contribution in [0.25, 0.3) is 0 Å². The fourth-order valence-electron chi connectivity index (χ4n) is 4.69. The number of benzene rings is 1. The van der Waals surface area contributed by atoms with Crippen molar-refractivity contribution in [2.45, 2.75) is 46.1 Å². The average Bonchev–Trinajstić information content (AvgIpc) is 2.81. The van der Waals surface area contributed by atoms with Gasteiger partial charge in [0.1, 0.15) is 5.75 Å². The molecule has 2 bridgehead atoms. The zero-order valence-electron chi connectivity index (χ0n) is 15.6. The van der Waals surface area contributed by atoms with Crippen LogP contribution in [0.2, 0.25) is 0 Å². The van der Waals surface area contributed by atoms with Gasteiger partial charge in [-0.15, -0.1) is 0 Å². The first-order chi connectivity index (χ1) is 12.2. The molecule has 1 amide bonds. The van der Waals surface area contributed by atoms with E-state index in [0.29, 0.717) is 5.75 Å². The number of hydrogen-bond acceptors (Lipinski definition) is 4. The Balaban J connectivity index is 1.47. The Labute approximate surface area is 163 Å². The predicted octanol–water partition coefficient (Wildman–Crippen LogP) is 3.80. The SMILES string of the molecule is CC1(C)C[C@@H]2C[C@](C)(CN2C(=O)COC(=O)COc2ccc(Br)cc2)C1. The summed E-state index contributed by atoms with van der Waals surface area (Å²) in [4.78, 5) is 26.3. The molecule has 1 heterocycles. The molecule has 1 saturated heterocycles. The number of halogens is 1. The van der Waals surface area contributed by atoms with Gasteiger partial charge in [0, 0.05) is 17.1 Å². The van der Waals surface area contributed by atoms with Gasteiger partial charge in [-0.25, -0.2) is 4.79 Å². The number of carbonyl (C=O) groups excluding carboxylic acids is 2. The van der Waals surface area contributed by atoms with Gasteiger partial charge in [0.15, 0.2) is 13.2 Å². The molecule has 26 heavy (non-hydrogen) atoms. The van der Waals surface area contributed by atoms with Crippen LogP contribution in [0.4, 0.5) is 0 Å². The summed E-state index contributed by atoms with van der Waals surface area (Å²) in [7, 11) is 0. The molecule has 1 aliphatic heterocycles. The van der Waals surface area contributed by atoms with Crippen molar-refractivity contribution in [3.63, 3.8) is 0 Å². The Morgan fingerprint density at radius 2 is 1.85 bits per heavy atom. The molecule has 2 aliphatic rings. The number of rotatable bonds is 5. The molecule has 0 spiro atoms. The Bertz CT molecular complexity index is 688. The molecule has 0 N–H and O–H groups in total. The van der Waals surface area contributed by atoms with Crippen LogP contribution in [0.1, 0.15) is 40.0 Å². The minimum absolute atomic E-state index is 0.103. The van der Waals surface area contributed by atoms with Crippen molar-refractivity contribution in [1.82, 2.24) is 4.90 Å². The highest BCUT2D eigenvalue weighted by Gasteiger charge is 2.50. The van der Waals surface area contributed by atoms with E-state index < -0.39 is 5.97 Å². The van der Waals surface area contributed by atoms with E-state index in [0.717, 1.165) is 30.3 Å². The van der Waals surface area contributed by atoms with Crippen molar-refractivity contribution in [2.24, 2.45) is 10.8 Å². The van der Waals surface area contributed by atoms with Crippen molar-refractivity contribution in [1.29, 1.82) is 0 Å². The first kappa shape index (κ1) is 19.2. The summed E-state index contributed by atoms with van der Waals surface area (Å²) >= 11 is 3.34. The molecule has 1 aliphatic carbocycles. The van der Waals surface area contributed by atoms with Crippen LogP contribution >= 0.6 is 15.9 Å². The van der Waals surface area contributed by atoms with Crippen LogP contribution in [0.15, 0.2) is 28.7 Å². The van der Waals surface area contributed by atoms with Crippen molar-refractivity contribution >= 4 is 27.8 Å². The van der Waals surface area contributed by atoms with Crippen LogP contribution in [0.5, 0.6) is 5.75 Å². The maximum Gasteiger partial charge on any atom is 0.344 e. The number of likely N-dealkylation sites (tertiary alicyclic amines) is 1. The minimum Gasteiger partial charge on any atom is -0.482 e. The summed E-state index contributed by atoms with van der Waals surface area (Å²) < 4.78 is 11.4. The maximum atomic E-state index is 12.6. The van der Waals surface area contributed by atoms with E-state index in [-0.39, 0.29) is 36.0 Å². The molecule has 0 unspecified atom stereocenters. The Hall–Kier alpha value is -1.56. The number of fused-ring (bicyclic) bond motifs is 2. The second-order valence-corrected chi connectivity index (χ2v) is 9.55. The van der Waals surface area contributed by atoms with Crippen LogP contribution in [0, 0.1) is 10.8 Å². The molecule has 5 nitrogen and oxygen atoms in total. The number of esters is 1. The van der Waals surface area contributed by atoms with Gasteiger partial charge in [0.05, 0.1) is 0 Å². The fraction of sp³-hybridized carbons (Fsp3) is 0.600. The average molecular weight is 424 g/mol. The second kappa shape index (κ2) is 7.22. The molecule has 1 saturated carbocycles. The van der Waals surface area contributed by atoms with E-state index in [1.807, 2.05) is 17.0 Å². The molecule has 6 heteroatoms. The summed E-state index contributed by atoms with van der Waals surface area (Å²) in [5.74, 6) is -0.0524. The largest absolute Gasteiger partial charge is 0.482 e. The molecule has 3 rings (SSSR count). The summed E-state index contributed by atoms with van der Waals surface area (Å²) in [6.45, 7) is 7.13. The fourth-order valence-corrected chi connectivity index (χ4v) is 4.96. The van der Waals surface area contributed by atoms with Gasteiger partial charge in [-0.3, -0.25) is 4.79 Å². The van der Waals surface area contributed by atoms with E-state index in [1.54, 1.807) is 12.1 Å². The van der Waals surface area contributed by atoms with Crippen LogP contribution in [0.3, 0.4) is 0 Å². The van der Waals surface area contributed by atoms with Gasteiger partial charge in [-0.2, -0.15) is 0 Å². The lowest BCUT2D eigenvalue weighted by Gasteiger charge is -2.39. The van der Waals surface area contributed by atoms with Gasteiger partial charge in [0.2, 0.25) is 0 Å². The summed E-state index contributed by atoms with van der Waals surface area (Å²) in [5, 5.41) is 0. The zero-order valence-corrected chi connectivity index (χ0v) is 17.2. The zero-order chi connectivity index (χ0) is 18.9. The van der Waals surface area contributed by atoms with E-state index in [1.165, 1.54) is 0 Å². The quantitative estimate of drug-likeness (QED) is 0.675. The molecule has 2 fully saturated rings. The Morgan fingerprint density at radius 1 is 1.15 bits per heavy atom. The van der Waals surface area contributed by atoms with Gasteiger partial charge in [-0.05, 0) is 54.4 Å². The van der Waals surface area contributed by atoms with Gasteiger partial charge >= 0.3 is 5.97 Å². The van der Waals surface area contributed by atoms with E-state index in [9.17, 15) is 9.59 Å². The van der Waals surface area contributed by atoms with Crippen LogP contribution < -0.4 is 4.74 Å². The van der Waals surface area contributed by atoms with Gasteiger partial charge in [0.25, 0.3) is 5.91 Å². The summed E-state index contributed by atoms with van der Waals surface area (Å²) in [6, 6.07) is 7.44. The second-order valence-electron chi connectivity index (χ2n) is 8.64. The highest BCUT2D eigenvalue weighted by molar-refractivity contribution is 9.10. The molecule has 0 radical (unpaired) electrons. The lowest BCUT2D eigenvalue weighted by atomic mass is 9.65. The highest BCUT2D eigenvalue weighted by Crippen LogP contribution is 2.52. The molecule has 142 valence electrons. The smallest absolute Gasteiger partial charge is 0.344 e. The number of amides is 1. The number of carbonyl (C=O) groups is 2. The Morgan fingerprint density at radius 3 is 2.54 bits per heavy atom.